The third-order valence-electron chi connectivity index (χ3n) is 5.51. The molecule has 3 rings (SSSR count). The summed E-state index contributed by atoms with van der Waals surface area (Å²) in [5, 5.41) is 3.23. The fraction of sp³-hybridized carbons (Fsp3) is 0.667. The molecule has 2 aliphatic rings. The van der Waals surface area contributed by atoms with Gasteiger partial charge in [-0.2, -0.15) is 0 Å². The number of carbonyl (C=O) groups excluding carboxylic acids is 1. The van der Waals surface area contributed by atoms with Crippen molar-refractivity contribution in [2.45, 2.75) is 76.8 Å². The molecular formula is C21H32N2O. The molecule has 24 heavy (non-hydrogen) atoms. The Morgan fingerprint density at radius 2 is 1.46 bits per heavy atom. The van der Waals surface area contributed by atoms with Crippen LogP contribution in [-0.2, 0) is 6.54 Å². The highest BCUT2D eigenvalue weighted by Crippen LogP contribution is 2.18. The average Bonchev–Trinajstić information content (AvgIpc) is 3.00. The Morgan fingerprint density at radius 3 is 2.08 bits per heavy atom. The summed E-state index contributed by atoms with van der Waals surface area (Å²) >= 11 is 0. The number of likely N-dealkylation sites (tertiary alicyclic amines) is 1. The highest BCUT2D eigenvalue weighted by Gasteiger charge is 2.16. The molecule has 0 bridgehead atoms. The van der Waals surface area contributed by atoms with Gasteiger partial charge in [0.25, 0.3) is 5.91 Å². The van der Waals surface area contributed by atoms with E-state index in [0.29, 0.717) is 6.04 Å². The van der Waals surface area contributed by atoms with E-state index in [2.05, 4.69) is 22.3 Å². The van der Waals surface area contributed by atoms with Gasteiger partial charge < -0.3 is 5.32 Å². The largest absolute Gasteiger partial charge is 0.349 e. The van der Waals surface area contributed by atoms with Crippen LogP contribution in [0.15, 0.2) is 24.3 Å². The maximum atomic E-state index is 12.5. The highest BCUT2D eigenvalue weighted by molar-refractivity contribution is 5.94. The summed E-state index contributed by atoms with van der Waals surface area (Å²) in [5.74, 6) is 0.100. The Morgan fingerprint density at radius 1 is 0.875 bits per heavy atom. The van der Waals surface area contributed by atoms with E-state index in [1.807, 2.05) is 12.1 Å². The summed E-state index contributed by atoms with van der Waals surface area (Å²) in [7, 11) is 0. The van der Waals surface area contributed by atoms with Gasteiger partial charge in [0, 0.05) is 18.2 Å². The van der Waals surface area contributed by atoms with Crippen molar-refractivity contribution in [3.05, 3.63) is 35.4 Å². The zero-order chi connectivity index (χ0) is 16.6. The van der Waals surface area contributed by atoms with Crippen LogP contribution in [0.5, 0.6) is 0 Å². The molecule has 3 nitrogen and oxygen atoms in total. The zero-order valence-electron chi connectivity index (χ0n) is 14.9. The Balaban J connectivity index is 1.52. The van der Waals surface area contributed by atoms with Gasteiger partial charge in [-0.05, 0) is 56.5 Å². The van der Waals surface area contributed by atoms with Crippen LogP contribution in [-0.4, -0.2) is 29.9 Å². The first kappa shape index (κ1) is 17.5. The number of benzene rings is 1. The molecule has 0 radical (unpaired) electrons. The standard InChI is InChI=1S/C21H32N2O/c24-21(22-20-9-5-1-2-6-10-20)19-13-11-18(12-14-19)17-23-15-7-3-4-8-16-23/h11-14,20H,1-10,15-17H2,(H,22,24). The molecule has 132 valence electrons. The number of rotatable bonds is 4. The number of hydrogen-bond acceptors (Lipinski definition) is 2. The Bertz CT molecular complexity index is 495. The summed E-state index contributed by atoms with van der Waals surface area (Å²) in [5.41, 5.74) is 2.13. The van der Waals surface area contributed by atoms with Gasteiger partial charge in [0.1, 0.15) is 0 Å². The normalized spacial score (nSPS) is 21.0. The molecule has 1 amide bonds. The molecule has 2 fully saturated rings. The molecule has 1 saturated heterocycles. The predicted octanol–water partition coefficient (Wildman–Crippen LogP) is 4.52. The molecule has 0 atom stereocenters. The molecule has 1 aliphatic carbocycles. The fourth-order valence-electron chi connectivity index (χ4n) is 4.01. The van der Waals surface area contributed by atoms with Crippen molar-refractivity contribution >= 4 is 5.91 Å². The quantitative estimate of drug-likeness (QED) is 0.825. The molecule has 1 aromatic rings. The van der Waals surface area contributed by atoms with Crippen LogP contribution < -0.4 is 5.32 Å². The second kappa shape index (κ2) is 9.22. The SMILES string of the molecule is O=C(NC1CCCCCC1)c1ccc(CN2CCCCCC2)cc1. The highest BCUT2D eigenvalue weighted by atomic mass is 16.1. The molecule has 1 saturated carbocycles. The van der Waals surface area contributed by atoms with Gasteiger partial charge >= 0.3 is 0 Å². The number of hydrogen-bond donors (Lipinski definition) is 1. The lowest BCUT2D eigenvalue weighted by Gasteiger charge is -2.20. The first-order valence-electron chi connectivity index (χ1n) is 9.93. The van der Waals surface area contributed by atoms with Crippen molar-refractivity contribution < 1.29 is 4.79 Å². The minimum absolute atomic E-state index is 0.100. The van der Waals surface area contributed by atoms with Gasteiger partial charge in [-0.1, -0.05) is 50.7 Å². The van der Waals surface area contributed by atoms with Crippen LogP contribution in [0.3, 0.4) is 0 Å². The van der Waals surface area contributed by atoms with E-state index in [1.165, 1.54) is 70.0 Å². The lowest BCUT2D eigenvalue weighted by atomic mass is 10.1. The van der Waals surface area contributed by atoms with Gasteiger partial charge in [0.15, 0.2) is 0 Å². The summed E-state index contributed by atoms with van der Waals surface area (Å²) in [6.45, 7) is 3.44. The molecule has 1 N–H and O–H groups in total. The average molecular weight is 329 g/mol. The number of amides is 1. The van der Waals surface area contributed by atoms with Crippen molar-refractivity contribution in [1.29, 1.82) is 0 Å². The van der Waals surface area contributed by atoms with E-state index >= 15 is 0 Å². The third kappa shape index (κ3) is 5.34. The Labute approximate surface area is 146 Å². The number of nitrogens with one attached hydrogen (secondary N) is 1. The van der Waals surface area contributed by atoms with Crippen molar-refractivity contribution in [2.24, 2.45) is 0 Å². The monoisotopic (exact) mass is 328 g/mol. The molecule has 3 heteroatoms. The van der Waals surface area contributed by atoms with Gasteiger partial charge in [0.05, 0.1) is 0 Å². The van der Waals surface area contributed by atoms with E-state index in [-0.39, 0.29) is 5.91 Å². The van der Waals surface area contributed by atoms with Crippen LogP contribution in [0.4, 0.5) is 0 Å². The number of nitrogens with zero attached hydrogens (tertiary/aromatic N) is 1. The molecule has 1 aromatic carbocycles. The molecule has 0 unspecified atom stereocenters. The molecule has 0 aromatic heterocycles. The minimum Gasteiger partial charge on any atom is -0.349 e. The van der Waals surface area contributed by atoms with E-state index < -0.39 is 0 Å². The lowest BCUT2D eigenvalue weighted by molar-refractivity contribution is 0.0933. The summed E-state index contributed by atoms with van der Waals surface area (Å²) < 4.78 is 0. The third-order valence-corrected chi connectivity index (χ3v) is 5.51. The van der Waals surface area contributed by atoms with Gasteiger partial charge in [-0.3, -0.25) is 9.69 Å². The minimum atomic E-state index is 0.100. The topological polar surface area (TPSA) is 32.3 Å². The van der Waals surface area contributed by atoms with Crippen molar-refractivity contribution in [1.82, 2.24) is 10.2 Å². The van der Waals surface area contributed by atoms with E-state index in [9.17, 15) is 4.79 Å². The van der Waals surface area contributed by atoms with Gasteiger partial charge in [0.2, 0.25) is 0 Å². The summed E-state index contributed by atoms with van der Waals surface area (Å²) in [6.07, 6.45) is 12.8. The smallest absolute Gasteiger partial charge is 0.251 e. The predicted molar refractivity (Wildman–Crippen MR) is 99.1 cm³/mol. The van der Waals surface area contributed by atoms with Crippen LogP contribution in [0.1, 0.15) is 80.1 Å². The van der Waals surface area contributed by atoms with Crippen LogP contribution in [0, 0.1) is 0 Å². The van der Waals surface area contributed by atoms with Crippen LogP contribution in [0.2, 0.25) is 0 Å². The Hall–Kier alpha value is -1.35. The van der Waals surface area contributed by atoms with E-state index in [0.717, 1.165) is 24.9 Å². The molecule has 1 heterocycles. The Kier molecular flexibility index (Phi) is 6.71. The zero-order valence-corrected chi connectivity index (χ0v) is 14.9. The van der Waals surface area contributed by atoms with Gasteiger partial charge in [-0.15, -0.1) is 0 Å². The molecule has 1 aliphatic heterocycles. The maximum Gasteiger partial charge on any atom is 0.251 e. The van der Waals surface area contributed by atoms with Gasteiger partial charge in [-0.25, -0.2) is 0 Å². The molecular weight excluding hydrogens is 296 g/mol. The second-order valence-electron chi connectivity index (χ2n) is 7.55. The van der Waals surface area contributed by atoms with E-state index in [4.69, 9.17) is 0 Å². The number of carbonyl (C=O) groups is 1. The van der Waals surface area contributed by atoms with E-state index in [1.54, 1.807) is 0 Å². The summed E-state index contributed by atoms with van der Waals surface area (Å²) in [6, 6.07) is 8.63. The lowest BCUT2D eigenvalue weighted by Crippen LogP contribution is -2.34. The second-order valence-corrected chi connectivity index (χ2v) is 7.55. The fourth-order valence-corrected chi connectivity index (χ4v) is 4.01. The van der Waals surface area contributed by atoms with Crippen LogP contribution >= 0.6 is 0 Å². The first-order chi connectivity index (χ1) is 11.8. The maximum absolute atomic E-state index is 12.5. The first-order valence-corrected chi connectivity index (χ1v) is 9.93. The van der Waals surface area contributed by atoms with Crippen molar-refractivity contribution in [3.8, 4) is 0 Å². The van der Waals surface area contributed by atoms with Crippen molar-refractivity contribution in [3.63, 3.8) is 0 Å². The van der Waals surface area contributed by atoms with Crippen LogP contribution in [0.25, 0.3) is 0 Å². The summed E-state index contributed by atoms with van der Waals surface area (Å²) in [4.78, 5) is 15.0. The molecule has 0 spiro atoms. The van der Waals surface area contributed by atoms with Crippen molar-refractivity contribution in [2.75, 3.05) is 13.1 Å².